The van der Waals surface area contributed by atoms with Gasteiger partial charge in [-0.05, 0) is 50.3 Å². The first-order chi connectivity index (χ1) is 12.1. The maximum absolute atomic E-state index is 13.0. The molecule has 5 heteroatoms. The van der Waals surface area contributed by atoms with Crippen LogP contribution in [0.2, 0.25) is 0 Å². The van der Waals surface area contributed by atoms with E-state index in [0.717, 1.165) is 45.4 Å². The average molecular weight is 338 g/mol. The second kappa shape index (κ2) is 6.21. The van der Waals surface area contributed by atoms with E-state index in [1.165, 1.54) is 28.1 Å². The van der Waals surface area contributed by atoms with Crippen LogP contribution in [0.1, 0.15) is 39.3 Å². The van der Waals surface area contributed by atoms with E-state index in [1.807, 2.05) is 16.6 Å². The normalized spacial score (nSPS) is 17.1. The number of amides is 1. The van der Waals surface area contributed by atoms with Crippen molar-refractivity contribution in [1.82, 2.24) is 14.7 Å². The highest BCUT2D eigenvalue weighted by Gasteiger charge is 2.30. The Balaban J connectivity index is 1.48. The van der Waals surface area contributed by atoms with Crippen LogP contribution in [0.5, 0.6) is 0 Å². The molecule has 2 aliphatic rings. The Bertz CT molecular complexity index is 815. The Labute approximate surface area is 149 Å². The number of hydrogen-bond acceptors (Lipinski definition) is 3. The molecular formula is C20H26N4O. The molecule has 0 unspecified atom stereocenters. The van der Waals surface area contributed by atoms with E-state index in [0.29, 0.717) is 5.69 Å². The van der Waals surface area contributed by atoms with Crippen molar-refractivity contribution in [2.45, 2.75) is 33.1 Å². The van der Waals surface area contributed by atoms with Gasteiger partial charge in [-0.2, -0.15) is 5.10 Å². The van der Waals surface area contributed by atoms with Gasteiger partial charge in [-0.15, -0.1) is 0 Å². The topological polar surface area (TPSA) is 41.4 Å². The fourth-order valence-corrected chi connectivity index (χ4v) is 4.16. The Morgan fingerprint density at radius 1 is 1.08 bits per heavy atom. The number of aryl methyl sites for hydroxylation is 2. The zero-order valence-corrected chi connectivity index (χ0v) is 15.4. The van der Waals surface area contributed by atoms with Gasteiger partial charge in [0.25, 0.3) is 5.91 Å². The molecular weight excluding hydrogens is 312 g/mol. The highest BCUT2D eigenvalue weighted by molar-refractivity contribution is 5.94. The minimum atomic E-state index is 0.111. The zero-order chi connectivity index (χ0) is 17.6. The summed E-state index contributed by atoms with van der Waals surface area (Å²) in [5.41, 5.74) is 7.08. The summed E-state index contributed by atoms with van der Waals surface area (Å²) in [7, 11) is 1.96. The van der Waals surface area contributed by atoms with Crippen LogP contribution in [-0.4, -0.2) is 46.8 Å². The quantitative estimate of drug-likeness (QED) is 0.845. The lowest BCUT2D eigenvalue weighted by Gasteiger charge is -2.36. The molecule has 2 aromatic rings. The second-order valence-corrected chi connectivity index (χ2v) is 7.25. The SMILES string of the molecule is Cc1cccc(N2CCN(C(=O)c3nn(C)c4c3CCC4)CC2)c1C. The largest absolute Gasteiger partial charge is 0.368 e. The highest BCUT2D eigenvalue weighted by Crippen LogP contribution is 2.27. The third kappa shape index (κ3) is 2.71. The molecule has 1 aliphatic heterocycles. The molecule has 0 saturated carbocycles. The molecule has 1 saturated heterocycles. The van der Waals surface area contributed by atoms with Crippen LogP contribution in [0, 0.1) is 13.8 Å². The lowest BCUT2D eigenvalue weighted by Crippen LogP contribution is -2.49. The van der Waals surface area contributed by atoms with Crippen LogP contribution in [-0.2, 0) is 19.9 Å². The lowest BCUT2D eigenvalue weighted by atomic mass is 10.1. The molecule has 5 nitrogen and oxygen atoms in total. The first-order valence-corrected chi connectivity index (χ1v) is 9.21. The Hall–Kier alpha value is -2.30. The number of piperazine rings is 1. The van der Waals surface area contributed by atoms with Gasteiger partial charge in [0.1, 0.15) is 0 Å². The van der Waals surface area contributed by atoms with Gasteiger partial charge in [-0.3, -0.25) is 9.48 Å². The third-order valence-electron chi connectivity index (χ3n) is 5.80. The Morgan fingerprint density at radius 2 is 1.84 bits per heavy atom. The predicted molar refractivity (Wildman–Crippen MR) is 99.3 cm³/mol. The maximum atomic E-state index is 13.0. The van der Waals surface area contributed by atoms with E-state index in [9.17, 15) is 4.79 Å². The number of hydrogen-bond donors (Lipinski definition) is 0. The summed E-state index contributed by atoms with van der Waals surface area (Å²) in [4.78, 5) is 17.3. The molecule has 132 valence electrons. The maximum Gasteiger partial charge on any atom is 0.274 e. The number of benzene rings is 1. The number of nitrogens with zero attached hydrogens (tertiary/aromatic N) is 4. The first-order valence-electron chi connectivity index (χ1n) is 9.21. The van der Waals surface area contributed by atoms with Gasteiger partial charge < -0.3 is 9.80 Å². The van der Waals surface area contributed by atoms with Crippen LogP contribution in [0.3, 0.4) is 0 Å². The molecule has 0 N–H and O–H groups in total. The monoisotopic (exact) mass is 338 g/mol. The minimum absolute atomic E-state index is 0.111. The summed E-state index contributed by atoms with van der Waals surface area (Å²) in [6.45, 7) is 7.62. The van der Waals surface area contributed by atoms with Crippen molar-refractivity contribution in [3.8, 4) is 0 Å². The van der Waals surface area contributed by atoms with E-state index in [-0.39, 0.29) is 5.91 Å². The van der Waals surface area contributed by atoms with Crippen LogP contribution in [0.4, 0.5) is 5.69 Å². The van der Waals surface area contributed by atoms with Crippen LogP contribution < -0.4 is 4.90 Å². The number of aromatic nitrogens is 2. The second-order valence-electron chi connectivity index (χ2n) is 7.25. The van der Waals surface area contributed by atoms with E-state index in [1.54, 1.807) is 0 Å². The number of anilines is 1. The number of carbonyl (C=O) groups is 1. The molecule has 0 atom stereocenters. The molecule has 2 heterocycles. The molecule has 1 amide bonds. The van der Waals surface area contributed by atoms with E-state index < -0.39 is 0 Å². The zero-order valence-electron chi connectivity index (χ0n) is 15.4. The summed E-state index contributed by atoms with van der Waals surface area (Å²) < 4.78 is 1.90. The van der Waals surface area contributed by atoms with Crippen molar-refractivity contribution < 1.29 is 4.79 Å². The highest BCUT2D eigenvalue weighted by atomic mass is 16.2. The Morgan fingerprint density at radius 3 is 2.60 bits per heavy atom. The standard InChI is InChI=1S/C20H26N4O/c1-14-6-4-8-17(15(14)2)23-10-12-24(13-11-23)20(25)19-16-7-5-9-18(16)22(3)21-19/h4,6,8H,5,7,9-13H2,1-3H3. The Kier molecular flexibility index (Phi) is 4.02. The molecule has 1 aromatic carbocycles. The van der Waals surface area contributed by atoms with E-state index in [4.69, 9.17) is 0 Å². The van der Waals surface area contributed by atoms with Crippen LogP contribution in [0.25, 0.3) is 0 Å². The number of carbonyl (C=O) groups excluding carboxylic acids is 1. The fraction of sp³-hybridized carbons (Fsp3) is 0.500. The smallest absolute Gasteiger partial charge is 0.274 e. The van der Waals surface area contributed by atoms with Gasteiger partial charge in [0.05, 0.1) is 0 Å². The van der Waals surface area contributed by atoms with Crippen molar-refractivity contribution in [3.63, 3.8) is 0 Å². The molecule has 1 aliphatic carbocycles. The molecule has 1 fully saturated rings. The molecule has 1 aromatic heterocycles. The molecule has 25 heavy (non-hydrogen) atoms. The summed E-state index contributed by atoms with van der Waals surface area (Å²) in [5, 5.41) is 4.52. The van der Waals surface area contributed by atoms with E-state index >= 15 is 0 Å². The molecule has 0 radical (unpaired) electrons. The summed E-state index contributed by atoms with van der Waals surface area (Å²) in [5.74, 6) is 0.111. The van der Waals surface area contributed by atoms with Crippen LogP contribution >= 0.6 is 0 Å². The van der Waals surface area contributed by atoms with E-state index in [2.05, 4.69) is 42.0 Å². The van der Waals surface area contributed by atoms with Crippen molar-refractivity contribution in [2.75, 3.05) is 31.1 Å². The summed E-state index contributed by atoms with van der Waals surface area (Å²) in [6, 6.07) is 6.46. The lowest BCUT2D eigenvalue weighted by molar-refractivity contribution is 0.0739. The first kappa shape index (κ1) is 16.2. The third-order valence-corrected chi connectivity index (χ3v) is 5.80. The van der Waals surface area contributed by atoms with Crippen molar-refractivity contribution in [3.05, 3.63) is 46.3 Å². The minimum Gasteiger partial charge on any atom is -0.368 e. The van der Waals surface area contributed by atoms with Gasteiger partial charge >= 0.3 is 0 Å². The fourth-order valence-electron chi connectivity index (χ4n) is 4.16. The van der Waals surface area contributed by atoms with Gasteiger partial charge in [-0.1, -0.05) is 12.1 Å². The number of fused-ring (bicyclic) bond motifs is 1. The van der Waals surface area contributed by atoms with Crippen molar-refractivity contribution in [2.24, 2.45) is 7.05 Å². The van der Waals surface area contributed by atoms with Gasteiger partial charge in [0.2, 0.25) is 0 Å². The number of rotatable bonds is 2. The van der Waals surface area contributed by atoms with Crippen molar-refractivity contribution in [1.29, 1.82) is 0 Å². The average Bonchev–Trinajstić information content (AvgIpc) is 3.21. The summed E-state index contributed by atoms with van der Waals surface area (Å²) >= 11 is 0. The van der Waals surface area contributed by atoms with Gasteiger partial charge in [-0.25, -0.2) is 0 Å². The van der Waals surface area contributed by atoms with Crippen molar-refractivity contribution >= 4 is 11.6 Å². The molecule has 4 rings (SSSR count). The predicted octanol–water partition coefficient (Wildman–Crippen LogP) is 2.49. The van der Waals surface area contributed by atoms with Gasteiger partial charge in [0, 0.05) is 50.2 Å². The molecule has 0 spiro atoms. The molecule has 0 bridgehead atoms. The van der Waals surface area contributed by atoms with Crippen LogP contribution in [0.15, 0.2) is 18.2 Å². The van der Waals surface area contributed by atoms with Gasteiger partial charge in [0.15, 0.2) is 5.69 Å². The summed E-state index contributed by atoms with van der Waals surface area (Å²) in [6.07, 6.45) is 3.18.